The fraction of sp³-hybridized carbons (Fsp3) is 0.350. The Morgan fingerprint density at radius 2 is 1.64 bits per heavy atom. The summed E-state index contributed by atoms with van der Waals surface area (Å²) in [5.41, 5.74) is 1.77. The summed E-state index contributed by atoms with van der Waals surface area (Å²) in [5, 5.41) is 2.99. The number of ether oxygens (including phenoxy) is 2. The minimum Gasteiger partial charge on any atom is -0.493 e. The summed E-state index contributed by atoms with van der Waals surface area (Å²) in [6, 6.07) is 11.6. The molecule has 0 radical (unpaired) electrons. The molecule has 1 amide bonds. The molecule has 0 aliphatic heterocycles. The first-order valence-electron chi connectivity index (χ1n) is 8.96. The molecule has 2 aromatic carbocycles. The third kappa shape index (κ3) is 5.39. The largest absolute Gasteiger partial charge is 0.493 e. The molecule has 8 heteroatoms. The van der Waals surface area contributed by atoms with E-state index in [0.717, 1.165) is 5.56 Å². The molecule has 0 aromatic heterocycles. The monoisotopic (exact) mass is 406 g/mol. The zero-order valence-corrected chi connectivity index (χ0v) is 17.3. The van der Waals surface area contributed by atoms with E-state index in [1.807, 2.05) is 19.1 Å². The van der Waals surface area contributed by atoms with Gasteiger partial charge in [0.25, 0.3) is 5.91 Å². The minimum absolute atomic E-state index is 0.0151. The second-order valence-electron chi connectivity index (χ2n) is 6.13. The molecule has 0 heterocycles. The normalized spacial score (nSPS) is 12.1. The van der Waals surface area contributed by atoms with Gasteiger partial charge in [0.2, 0.25) is 10.0 Å². The molecule has 0 unspecified atom stereocenters. The van der Waals surface area contributed by atoms with Crippen LogP contribution in [-0.4, -0.2) is 34.3 Å². The van der Waals surface area contributed by atoms with Crippen LogP contribution in [0.1, 0.15) is 42.2 Å². The van der Waals surface area contributed by atoms with E-state index in [9.17, 15) is 13.2 Å². The smallest absolute Gasteiger partial charge is 0.251 e. The number of amides is 1. The number of hydrogen-bond donors (Lipinski definition) is 2. The third-order valence-electron chi connectivity index (χ3n) is 4.32. The van der Waals surface area contributed by atoms with Gasteiger partial charge in [-0.05, 0) is 55.3 Å². The molecule has 152 valence electrons. The lowest BCUT2D eigenvalue weighted by Gasteiger charge is -2.19. The Morgan fingerprint density at radius 3 is 2.18 bits per heavy atom. The van der Waals surface area contributed by atoms with Crippen LogP contribution in [0, 0.1) is 0 Å². The molecule has 7 nitrogen and oxygen atoms in total. The summed E-state index contributed by atoms with van der Waals surface area (Å²) >= 11 is 0. The summed E-state index contributed by atoms with van der Waals surface area (Å²) in [4.78, 5) is 12.6. The number of hydrogen-bond acceptors (Lipinski definition) is 5. The molecule has 0 saturated heterocycles. The van der Waals surface area contributed by atoms with E-state index in [1.165, 1.54) is 0 Å². The van der Waals surface area contributed by atoms with Crippen molar-refractivity contribution in [3.05, 3.63) is 53.6 Å². The lowest BCUT2D eigenvalue weighted by atomic mass is 10.0. The molecule has 2 rings (SSSR count). The van der Waals surface area contributed by atoms with Crippen LogP contribution < -0.4 is 19.5 Å². The van der Waals surface area contributed by atoms with Crippen LogP contribution in [0.5, 0.6) is 11.5 Å². The van der Waals surface area contributed by atoms with Crippen LogP contribution in [-0.2, 0) is 10.0 Å². The van der Waals surface area contributed by atoms with Gasteiger partial charge in [0.05, 0.1) is 26.0 Å². The van der Waals surface area contributed by atoms with Gasteiger partial charge in [0, 0.05) is 11.3 Å². The van der Waals surface area contributed by atoms with Crippen molar-refractivity contribution >= 4 is 21.6 Å². The van der Waals surface area contributed by atoms with Gasteiger partial charge in [-0.25, -0.2) is 8.42 Å². The van der Waals surface area contributed by atoms with E-state index in [1.54, 1.807) is 51.5 Å². The van der Waals surface area contributed by atoms with Crippen LogP contribution in [0.3, 0.4) is 0 Å². The Bertz CT molecular complexity index is 911. The van der Waals surface area contributed by atoms with Gasteiger partial charge in [0.1, 0.15) is 0 Å². The first-order chi connectivity index (χ1) is 13.3. The maximum Gasteiger partial charge on any atom is 0.251 e. The van der Waals surface area contributed by atoms with Crippen molar-refractivity contribution < 1.29 is 22.7 Å². The Kier molecular flexibility index (Phi) is 7.28. The lowest BCUT2D eigenvalue weighted by Crippen LogP contribution is -2.28. The summed E-state index contributed by atoms with van der Waals surface area (Å²) < 4.78 is 36.3. The highest BCUT2D eigenvalue weighted by Gasteiger charge is 2.16. The number of nitrogens with one attached hydrogen (secondary N) is 2. The summed E-state index contributed by atoms with van der Waals surface area (Å²) in [7, 11) is -0.214. The fourth-order valence-corrected chi connectivity index (χ4v) is 3.31. The third-order valence-corrected chi connectivity index (χ3v) is 5.63. The van der Waals surface area contributed by atoms with Crippen molar-refractivity contribution in [2.24, 2.45) is 0 Å². The van der Waals surface area contributed by atoms with Gasteiger partial charge < -0.3 is 14.8 Å². The SMILES string of the molecule is CC[C@H](NC(=O)c1ccc(NS(=O)(=O)CC)cc1)c1ccc(OC)c(OC)c1. The number of anilines is 1. The molecular formula is C20H26N2O5S. The van der Waals surface area contributed by atoms with Gasteiger partial charge in [-0.2, -0.15) is 0 Å². The van der Waals surface area contributed by atoms with Gasteiger partial charge in [-0.3, -0.25) is 9.52 Å². The molecule has 0 aliphatic rings. The maximum absolute atomic E-state index is 12.6. The Morgan fingerprint density at radius 1 is 1.00 bits per heavy atom. The van der Waals surface area contributed by atoms with Crippen LogP contribution in [0.2, 0.25) is 0 Å². The van der Waals surface area contributed by atoms with E-state index in [2.05, 4.69) is 10.0 Å². The van der Waals surface area contributed by atoms with Crippen LogP contribution >= 0.6 is 0 Å². The standard InChI is InChI=1S/C20H26N2O5S/c1-5-17(15-9-12-18(26-3)19(13-15)27-4)21-20(23)14-7-10-16(11-8-14)22-28(24,25)6-2/h7-13,17,22H,5-6H2,1-4H3,(H,21,23)/t17-/m0/s1. The predicted octanol–water partition coefficient (Wildman–Crippen LogP) is 3.35. The van der Waals surface area contributed by atoms with Gasteiger partial charge in [0.15, 0.2) is 11.5 Å². The number of benzene rings is 2. The molecule has 2 N–H and O–H groups in total. The first kappa shape index (κ1) is 21.6. The van der Waals surface area contributed by atoms with Crippen molar-refractivity contribution in [1.29, 1.82) is 0 Å². The highest BCUT2D eigenvalue weighted by molar-refractivity contribution is 7.92. The number of methoxy groups -OCH3 is 2. The van der Waals surface area contributed by atoms with Crippen LogP contribution in [0.15, 0.2) is 42.5 Å². The molecule has 2 aromatic rings. The van der Waals surface area contributed by atoms with Gasteiger partial charge in [-0.15, -0.1) is 0 Å². The number of sulfonamides is 1. The summed E-state index contributed by atoms with van der Waals surface area (Å²) in [6.07, 6.45) is 0.690. The zero-order valence-electron chi connectivity index (χ0n) is 16.5. The lowest BCUT2D eigenvalue weighted by molar-refractivity contribution is 0.0935. The molecule has 0 aliphatic carbocycles. The van der Waals surface area contributed by atoms with Crippen molar-refractivity contribution in [2.45, 2.75) is 26.3 Å². The summed E-state index contributed by atoms with van der Waals surface area (Å²) in [5.74, 6) is 0.961. The average molecular weight is 407 g/mol. The molecule has 0 bridgehead atoms. The predicted molar refractivity (Wildman–Crippen MR) is 110 cm³/mol. The highest BCUT2D eigenvalue weighted by Crippen LogP contribution is 2.31. The van der Waals surface area contributed by atoms with Crippen molar-refractivity contribution in [3.8, 4) is 11.5 Å². The topological polar surface area (TPSA) is 93.7 Å². The second-order valence-corrected chi connectivity index (χ2v) is 8.14. The zero-order chi connectivity index (χ0) is 20.7. The van der Waals surface area contributed by atoms with E-state index in [0.29, 0.717) is 29.2 Å². The number of carbonyl (C=O) groups excluding carboxylic acids is 1. The molecule has 28 heavy (non-hydrogen) atoms. The van der Waals surface area contributed by atoms with Crippen molar-refractivity contribution in [3.63, 3.8) is 0 Å². The highest BCUT2D eigenvalue weighted by atomic mass is 32.2. The molecule has 1 atom stereocenters. The van der Waals surface area contributed by atoms with Crippen LogP contribution in [0.25, 0.3) is 0 Å². The van der Waals surface area contributed by atoms with E-state index in [4.69, 9.17) is 9.47 Å². The Hall–Kier alpha value is -2.74. The molecule has 0 saturated carbocycles. The second kappa shape index (κ2) is 9.45. The molecular weight excluding hydrogens is 380 g/mol. The van der Waals surface area contributed by atoms with Crippen molar-refractivity contribution in [2.75, 3.05) is 24.7 Å². The van der Waals surface area contributed by atoms with E-state index in [-0.39, 0.29) is 17.7 Å². The minimum atomic E-state index is -3.35. The Balaban J connectivity index is 2.14. The number of carbonyl (C=O) groups is 1. The van der Waals surface area contributed by atoms with Gasteiger partial charge in [-0.1, -0.05) is 13.0 Å². The Labute approximate surface area is 166 Å². The average Bonchev–Trinajstić information content (AvgIpc) is 2.71. The molecule has 0 spiro atoms. The number of rotatable bonds is 9. The molecule has 0 fully saturated rings. The summed E-state index contributed by atoms with van der Waals surface area (Å²) in [6.45, 7) is 3.54. The fourth-order valence-electron chi connectivity index (χ4n) is 2.67. The van der Waals surface area contributed by atoms with E-state index >= 15 is 0 Å². The quantitative estimate of drug-likeness (QED) is 0.666. The maximum atomic E-state index is 12.6. The van der Waals surface area contributed by atoms with Crippen LogP contribution in [0.4, 0.5) is 5.69 Å². The van der Waals surface area contributed by atoms with E-state index < -0.39 is 10.0 Å². The first-order valence-corrected chi connectivity index (χ1v) is 10.6. The van der Waals surface area contributed by atoms with Gasteiger partial charge >= 0.3 is 0 Å². The van der Waals surface area contributed by atoms with Crippen molar-refractivity contribution in [1.82, 2.24) is 5.32 Å².